The third kappa shape index (κ3) is 2.63. The van der Waals surface area contributed by atoms with Crippen molar-refractivity contribution in [3.63, 3.8) is 0 Å². The Balaban J connectivity index is 1.88. The van der Waals surface area contributed by atoms with Crippen molar-refractivity contribution < 1.29 is 9.53 Å². The van der Waals surface area contributed by atoms with E-state index in [9.17, 15) is 4.79 Å². The summed E-state index contributed by atoms with van der Waals surface area (Å²) in [6.45, 7) is 1.32. The summed E-state index contributed by atoms with van der Waals surface area (Å²) in [5.41, 5.74) is 2.14. The van der Waals surface area contributed by atoms with Gasteiger partial charge in [-0.1, -0.05) is 28.1 Å². The van der Waals surface area contributed by atoms with Crippen LogP contribution in [0, 0.1) is 0 Å². The van der Waals surface area contributed by atoms with Crippen molar-refractivity contribution in [3.8, 4) is 5.75 Å². The summed E-state index contributed by atoms with van der Waals surface area (Å²) in [4.78, 5) is 12.4. The number of rotatable bonds is 2. The van der Waals surface area contributed by atoms with Gasteiger partial charge in [-0.25, -0.2) is 0 Å². The van der Waals surface area contributed by atoms with E-state index in [0.29, 0.717) is 17.9 Å². The first kappa shape index (κ1) is 13.0. The van der Waals surface area contributed by atoms with E-state index in [2.05, 4.69) is 26.6 Å². The molecule has 0 saturated heterocycles. The topological polar surface area (TPSA) is 50.4 Å². The third-order valence-electron chi connectivity index (χ3n) is 3.01. The molecule has 1 amide bonds. The van der Waals surface area contributed by atoms with E-state index in [-0.39, 0.29) is 5.91 Å². The van der Waals surface area contributed by atoms with Gasteiger partial charge in [-0.3, -0.25) is 4.79 Å². The molecular weight excluding hydrogens is 320 g/mol. The van der Waals surface area contributed by atoms with Gasteiger partial charge in [0.05, 0.1) is 11.3 Å². The van der Waals surface area contributed by atoms with Crippen LogP contribution in [0.4, 0.5) is 11.4 Å². The minimum atomic E-state index is -0.177. The van der Waals surface area contributed by atoms with E-state index in [1.807, 2.05) is 36.4 Å². The molecule has 0 saturated carbocycles. The highest BCUT2D eigenvalue weighted by molar-refractivity contribution is 9.10. The lowest BCUT2D eigenvalue weighted by atomic mass is 10.1. The molecule has 0 aromatic heterocycles. The molecule has 3 rings (SSSR count). The number of ether oxygens (including phenoxy) is 1. The maximum Gasteiger partial charge on any atom is 0.259 e. The summed E-state index contributed by atoms with van der Waals surface area (Å²) in [5, 5.41) is 6.09. The van der Waals surface area contributed by atoms with Crippen molar-refractivity contribution in [2.24, 2.45) is 0 Å². The lowest BCUT2D eigenvalue weighted by Gasteiger charge is -2.21. The summed E-state index contributed by atoms with van der Waals surface area (Å²) in [7, 11) is 0. The Labute approximate surface area is 125 Å². The zero-order chi connectivity index (χ0) is 13.9. The Morgan fingerprint density at radius 3 is 2.95 bits per heavy atom. The molecule has 0 fully saturated rings. The standard InChI is InChI=1S/C15H13BrN2O2/c16-10-3-1-4-11(9-10)18-15(19)12-5-2-6-13-14(12)20-8-7-17-13/h1-6,9,17H,7-8H2,(H,18,19). The molecular formula is C15H13BrN2O2. The molecule has 1 aliphatic heterocycles. The van der Waals surface area contributed by atoms with Crippen LogP contribution in [0.25, 0.3) is 0 Å². The number of para-hydroxylation sites is 1. The van der Waals surface area contributed by atoms with Gasteiger partial charge >= 0.3 is 0 Å². The summed E-state index contributed by atoms with van der Waals surface area (Å²) in [6.07, 6.45) is 0. The number of hydrogen-bond donors (Lipinski definition) is 2. The Hall–Kier alpha value is -2.01. The van der Waals surface area contributed by atoms with Crippen LogP contribution in [0.15, 0.2) is 46.9 Å². The Morgan fingerprint density at radius 2 is 2.10 bits per heavy atom. The van der Waals surface area contributed by atoms with Gasteiger partial charge in [0.15, 0.2) is 5.75 Å². The van der Waals surface area contributed by atoms with E-state index >= 15 is 0 Å². The molecule has 4 nitrogen and oxygen atoms in total. The van der Waals surface area contributed by atoms with E-state index in [1.54, 1.807) is 6.07 Å². The van der Waals surface area contributed by atoms with Crippen molar-refractivity contribution in [2.45, 2.75) is 0 Å². The van der Waals surface area contributed by atoms with Crippen LogP contribution < -0.4 is 15.4 Å². The van der Waals surface area contributed by atoms with Gasteiger partial charge < -0.3 is 15.4 Å². The van der Waals surface area contributed by atoms with E-state index < -0.39 is 0 Å². The SMILES string of the molecule is O=C(Nc1cccc(Br)c1)c1cccc2c1OCCN2. The molecule has 0 bridgehead atoms. The Kier molecular flexibility index (Phi) is 3.60. The van der Waals surface area contributed by atoms with Gasteiger partial charge in [0, 0.05) is 16.7 Å². The highest BCUT2D eigenvalue weighted by atomic mass is 79.9. The summed E-state index contributed by atoms with van der Waals surface area (Å²) >= 11 is 3.38. The maximum absolute atomic E-state index is 12.4. The van der Waals surface area contributed by atoms with Crippen LogP contribution in [0.2, 0.25) is 0 Å². The highest BCUT2D eigenvalue weighted by Gasteiger charge is 2.18. The molecule has 0 unspecified atom stereocenters. The number of carbonyl (C=O) groups excluding carboxylic acids is 1. The average Bonchev–Trinajstić information content (AvgIpc) is 2.46. The summed E-state index contributed by atoms with van der Waals surface area (Å²) in [5.74, 6) is 0.440. The van der Waals surface area contributed by atoms with Crippen LogP contribution in [-0.4, -0.2) is 19.1 Å². The maximum atomic E-state index is 12.4. The first-order valence-corrected chi connectivity index (χ1v) is 7.10. The van der Waals surface area contributed by atoms with Crippen LogP contribution >= 0.6 is 15.9 Å². The first-order valence-electron chi connectivity index (χ1n) is 6.30. The van der Waals surface area contributed by atoms with E-state index in [0.717, 1.165) is 22.4 Å². The molecule has 0 spiro atoms. The van der Waals surface area contributed by atoms with Crippen molar-refractivity contribution in [1.29, 1.82) is 0 Å². The number of anilines is 2. The number of nitrogens with one attached hydrogen (secondary N) is 2. The van der Waals surface area contributed by atoms with E-state index in [1.165, 1.54) is 0 Å². The van der Waals surface area contributed by atoms with Crippen molar-refractivity contribution >= 4 is 33.2 Å². The second kappa shape index (κ2) is 5.54. The lowest BCUT2D eigenvalue weighted by Crippen LogP contribution is -2.21. The predicted octanol–water partition coefficient (Wildman–Crippen LogP) is 3.51. The Bertz CT molecular complexity index is 658. The average molecular weight is 333 g/mol. The number of carbonyl (C=O) groups is 1. The van der Waals surface area contributed by atoms with Crippen LogP contribution in [0.3, 0.4) is 0 Å². The number of hydrogen-bond acceptors (Lipinski definition) is 3. The molecule has 0 atom stereocenters. The fraction of sp³-hybridized carbons (Fsp3) is 0.133. The second-order valence-corrected chi connectivity index (χ2v) is 5.34. The van der Waals surface area contributed by atoms with Crippen LogP contribution in [-0.2, 0) is 0 Å². The van der Waals surface area contributed by atoms with Gasteiger partial charge in [0.25, 0.3) is 5.91 Å². The number of fused-ring (bicyclic) bond motifs is 1. The predicted molar refractivity (Wildman–Crippen MR) is 82.5 cm³/mol. The van der Waals surface area contributed by atoms with Gasteiger partial charge in [-0.2, -0.15) is 0 Å². The lowest BCUT2D eigenvalue weighted by molar-refractivity contribution is 0.102. The van der Waals surface area contributed by atoms with Crippen LogP contribution in [0.1, 0.15) is 10.4 Å². The quantitative estimate of drug-likeness (QED) is 0.884. The normalized spacial score (nSPS) is 12.8. The highest BCUT2D eigenvalue weighted by Crippen LogP contribution is 2.31. The fourth-order valence-electron chi connectivity index (χ4n) is 2.11. The first-order chi connectivity index (χ1) is 9.74. The molecule has 1 heterocycles. The number of benzene rings is 2. The minimum Gasteiger partial charge on any atom is -0.489 e. The zero-order valence-electron chi connectivity index (χ0n) is 10.7. The Morgan fingerprint density at radius 1 is 1.25 bits per heavy atom. The molecule has 0 aliphatic carbocycles. The number of halogens is 1. The zero-order valence-corrected chi connectivity index (χ0v) is 12.2. The molecule has 20 heavy (non-hydrogen) atoms. The minimum absolute atomic E-state index is 0.177. The van der Waals surface area contributed by atoms with Crippen LogP contribution in [0.5, 0.6) is 5.75 Å². The van der Waals surface area contributed by atoms with Crippen molar-refractivity contribution in [3.05, 3.63) is 52.5 Å². The van der Waals surface area contributed by atoms with Gasteiger partial charge in [-0.05, 0) is 30.3 Å². The monoisotopic (exact) mass is 332 g/mol. The molecule has 2 aromatic rings. The smallest absolute Gasteiger partial charge is 0.259 e. The molecule has 2 aromatic carbocycles. The van der Waals surface area contributed by atoms with E-state index in [4.69, 9.17) is 4.74 Å². The van der Waals surface area contributed by atoms with Gasteiger partial charge in [-0.15, -0.1) is 0 Å². The molecule has 1 aliphatic rings. The summed E-state index contributed by atoms with van der Waals surface area (Å²) in [6, 6.07) is 13.0. The van der Waals surface area contributed by atoms with Gasteiger partial charge in [0.1, 0.15) is 6.61 Å². The largest absolute Gasteiger partial charge is 0.489 e. The van der Waals surface area contributed by atoms with Gasteiger partial charge in [0.2, 0.25) is 0 Å². The molecule has 102 valence electrons. The molecule has 2 N–H and O–H groups in total. The second-order valence-electron chi connectivity index (χ2n) is 4.42. The van der Waals surface area contributed by atoms with Crippen molar-refractivity contribution in [1.82, 2.24) is 0 Å². The summed E-state index contributed by atoms with van der Waals surface area (Å²) < 4.78 is 6.52. The molecule has 5 heteroatoms. The third-order valence-corrected chi connectivity index (χ3v) is 3.50. The van der Waals surface area contributed by atoms with Crippen molar-refractivity contribution in [2.75, 3.05) is 23.8 Å². The molecule has 0 radical (unpaired) electrons. The number of amides is 1. The fourth-order valence-corrected chi connectivity index (χ4v) is 2.51.